The fourth-order valence-electron chi connectivity index (χ4n) is 4.36. The second-order valence-electron chi connectivity index (χ2n) is 9.46. The van der Waals surface area contributed by atoms with Gasteiger partial charge in [0.25, 0.3) is 0 Å². The zero-order valence-corrected chi connectivity index (χ0v) is 23.8. The lowest BCUT2D eigenvalue weighted by Gasteiger charge is -2.31. The van der Waals surface area contributed by atoms with E-state index in [-0.39, 0.29) is 37.7 Å². The number of nitrogens with zero attached hydrogens (tertiary/aromatic N) is 2. The molecule has 0 aliphatic carbocycles. The van der Waals surface area contributed by atoms with Crippen LogP contribution in [0.3, 0.4) is 0 Å². The summed E-state index contributed by atoms with van der Waals surface area (Å²) in [7, 11) is -0.473. The Morgan fingerprint density at radius 1 is 0.923 bits per heavy atom. The number of nitrogens with one attached hydrogen (secondary N) is 1. The van der Waals surface area contributed by atoms with Gasteiger partial charge in [0.1, 0.15) is 11.8 Å². The van der Waals surface area contributed by atoms with Crippen LogP contribution in [-0.2, 0) is 32.6 Å². The van der Waals surface area contributed by atoms with Gasteiger partial charge in [-0.3, -0.25) is 13.9 Å². The summed E-state index contributed by atoms with van der Waals surface area (Å²) in [4.78, 5) is 28.3. The zero-order valence-electron chi connectivity index (χ0n) is 23.0. The highest BCUT2D eigenvalue weighted by molar-refractivity contribution is 7.92. The van der Waals surface area contributed by atoms with Crippen molar-refractivity contribution in [2.45, 2.75) is 38.8 Å². The Balaban J connectivity index is 1.82. The lowest BCUT2D eigenvalue weighted by Crippen LogP contribution is -2.49. The highest BCUT2D eigenvalue weighted by atomic mass is 32.2. The van der Waals surface area contributed by atoms with Crippen LogP contribution in [0.2, 0.25) is 0 Å². The van der Waals surface area contributed by atoms with Gasteiger partial charge in [-0.2, -0.15) is 0 Å². The van der Waals surface area contributed by atoms with E-state index in [0.29, 0.717) is 17.9 Å². The van der Waals surface area contributed by atoms with Crippen LogP contribution in [0.5, 0.6) is 5.75 Å². The molecule has 9 heteroatoms. The third-order valence-electron chi connectivity index (χ3n) is 6.50. The van der Waals surface area contributed by atoms with Crippen LogP contribution < -0.4 is 14.4 Å². The Kier molecular flexibility index (Phi) is 10.5. The molecule has 0 spiro atoms. The number of amides is 2. The third-order valence-corrected chi connectivity index (χ3v) is 7.70. The number of benzene rings is 3. The largest absolute Gasteiger partial charge is 0.497 e. The van der Waals surface area contributed by atoms with Crippen molar-refractivity contribution in [2.24, 2.45) is 0 Å². The van der Waals surface area contributed by atoms with Crippen molar-refractivity contribution in [1.29, 1.82) is 0 Å². The van der Waals surface area contributed by atoms with Crippen LogP contribution in [0.15, 0.2) is 78.9 Å². The number of anilines is 1. The van der Waals surface area contributed by atoms with Crippen LogP contribution in [0.4, 0.5) is 5.69 Å². The van der Waals surface area contributed by atoms with E-state index in [1.54, 1.807) is 43.3 Å². The van der Waals surface area contributed by atoms with Crippen LogP contribution in [0, 0.1) is 6.92 Å². The molecule has 0 fully saturated rings. The number of hydrogen-bond donors (Lipinski definition) is 1. The fraction of sp³-hybridized carbons (Fsp3) is 0.333. The van der Waals surface area contributed by atoms with Gasteiger partial charge in [-0.15, -0.1) is 0 Å². The quantitative estimate of drug-likeness (QED) is 0.347. The van der Waals surface area contributed by atoms with Crippen LogP contribution in [-0.4, -0.2) is 58.1 Å². The van der Waals surface area contributed by atoms with Gasteiger partial charge in [-0.05, 0) is 48.7 Å². The number of hydrogen-bond acceptors (Lipinski definition) is 5. The molecule has 3 aromatic carbocycles. The summed E-state index contributed by atoms with van der Waals surface area (Å²) in [5, 5.41) is 2.71. The molecule has 0 aliphatic rings. The molecule has 39 heavy (non-hydrogen) atoms. The molecule has 0 saturated heterocycles. The van der Waals surface area contributed by atoms with Crippen molar-refractivity contribution in [3.05, 3.63) is 95.6 Å². The second-order valence-corrected chi connectivity index (χ2v) is 11.4. The molecule has 0 heterocycles. The highest BCUT2D eigenvalue weighted by Crippen LogP contribution is 2.23. The molecule has 8 nitrogen and oxygen atoms in total. The number of likely N-dealkylation sites (N-methyl/N-ethyl adjacent to an activating group) is 1. The van der Waals surface area contributed by atoms with Gasteiger partial charge >= 0.3 is 0 Å². The summed E-state index contributed by atoms with van der Waals surface area (Å²) in [6.07, 6.45) is 1.87. The summed E-state index contributed by atoms with van der Waals surface area (Å²) >= 11 is 0. The maximum Gasteiger partial charge on any atom is 0.242 e. The minimum absolute atomic E-state index is 0.0797. The molecule has 3 aromatic rings. The molecule has 0 aliphatic heterocycles. The van der Waals surface area contributed by atoms with Crippen molar-refractivity contribution in [1.82, 2.24) is 10.2 Å². The molecule has 208 valence electrons. The number of sulfonamides is 1. The predicted molar refractivity (Wildman–Crippen MR) is 154 cm³/mol. The van der Waals surface area contributed by atoms with E-state index in [4.69, 9.17) is 4.74 Å². The van der Waals surface area contributed by atoms with Gasteiger partial charge in [0.15, 0.2) is 0 Å². The topological polar surface area (TPSA) is 96.0 Å². The van der Waals surface area contributed by atoms with Crippen LogP contribution in [0.1, 0.15) is 29.5 Å². The molecular formula is C30H37N3O5S. The maximum atomic E-state index is 13.7. The third kappa shape index (κ3) is 8.58. The first-order chi connectivity index (χ1) is 18.6. The van der Waals surface area contributed by atoms with Crippen molar-refractivity contribution in [3.8, 4) is 5.75 Å². The normalized spacial score (nSPS) is 11.9. The average Bonchev–Trinajstić information content (AvgIpc) is 2.93. The predicted octanol–water partition coefficient (Wildman–Crippen LogP) is 3.94. The van der Waals surface area contributed by atoms with E-state index < -0.39 is 16.1 Å². The SMILES string of the molecule is CNC(=O)[C@H](Cc1ccccc1)N(Cc1ccc(C)cc1)C(=O)CCCN(c1ccc(OC)cc1)S(C)(=O)=O. The summed E-state index contributed by atoms with van der Waals surface area (Å²) in [5.74, 6) is 0.145. The van der Waals surface area contributed by atoms with Gasteiger partial charge in [0.05, 0.1) is 19.1 Å². The molecule has 1 atom stereocenters. The number of aryl methyl sites for hydroxylation is 1. The van der Waals surface area contributed by atoms with Gasteiger partial charge in [-0.25, -0.2) is 8.42 Å². The number of rotatable bonds is 13. The minimum atomic E-state index is -3.58. The smallest absolute Gasteiger partial charge is 0.242 e. The van der Waals surface area contributed by atoms with Crippen molar-refractivity contribution >= 4 is 27.5 Å². The van der Waals surface area contributed by atoms with Crippen molar-refractivity contribution < 1.29 is 22.7 Å². The van der Waals surface area contributed by atoms with Crippen LogP contribution >= 0.6 is 0 Å². The van der Waals surface area contributed by atoms with E-state index in [1.807, 2.05) is 61.5 Å². The molecular weight excluding hydrogens is 514 g/mol. The Hall–Kier alpha value is -3.85. The van der Waals surface area contributed by atoms with Gasteiger partial charge in [-0.1, -0.05) is 60.2 Å². The molecule has 3 rings (SSSR count). The molecule has 2 amide bonds. The van der Waals surface area contributed by atoms with Crippen molar-refractivity contribution in [2.75, 3.05) is 31.3 Å². The summed E-state index contributed by atoms with van der Waals surface area (Å²) in [6.45, 7) is 2.38. The lowest BCUT2D eigenvalue weighted by atomic mass is 10.0. The zero-order chi connectivity index (χ0) is 28.4. The number of carbonyl (C=O) groups is 2. The van der Waals surface area contributed by atoms with E-state index in [0.717, 1.165) is 22.9 Å². The summed E-state index contributed by atoms with van der Waals surface area (Å²) in [5.41, 5.74) is 3.44. The minimum Gasteiger partial charge on any atom is -0.497 e. The van der Waals surface area contributed by atoms with Gasteiger partial charge < -0.3 is 15.0 Å². The standard InChI is InChI=1S/C30H37N3O5S/c1-23-12-14-25(15-13-23)22-32(28(30(35)31-2)21-24-9-6-5-7-10-24)29(34)11-8-20-33(39(4,36)37)26-16-18-27(38-3)19-17-26/h5-7,9-10,12-19,28H,8,11,20-22H2,1-4H3,(H,31,35)/t28-/m0/s1. The average molecular weight is 552 g/mol. The van der Waals surface area contributed by atoms with E-state index in [2.05, 4.69) is 5.32 Å². The van der Waals surface area contributed by atoms with E-state index >= 15 is 0 Å². The lowest BCUT2D eigenvalue weighted by molar-refractivity contribution is -0.141. The Labute approximate surface area is 231 Å². The molecule has 0 unspecified atom stereocenters. The Morgan fingerprint density at radius 3 is 2.13 bits per heavy atom. The first-order valence-electron chi connectivity index (χ1n) is 12.8. The van der Waals surface area contributed by atoms with Crippen LogP contribution in [0.25, 0.3) is 0 Å². The summed E-state index contributed by atoms with van der Waals surface area (Å²) < 4.78 is 31.6. The number of ether oxygens (including phenoxy) is 1. The number of carbonyl (C=O) groups excluding carboxylic acids is 2. The van der Waals surface area contributed by atoms with Gasteiger partial charge in [0.2, 0.25) is 21.8 Å². The monoisotopic (exact) mass is 551 g/mol. The first kappa shape index (κ1) is 29.7. The molecule has 1 N–H and O–H groups in total. The van der Waals surface area contributed by atoms with Crippen molar-refractivity contribution in [3.63, 3.8) is 0 Å². The summed E-state index contributed by atoms with van der Waals surface area (Å²) in [6, 6.07) is 23.4. The number of methoxy groups -OCH3 is 1. The Bertz CT molecular complexity index is 1330. The molecule has 0 bridgehead atoms. The fourth-order valence-corrected chi connectivity index (χ4v) is 5.33. The van der Waals surface area contributed by atoms with E-state index in [9.17, 15) is 18.0 Å². The highest BCUT2D eigenvalue weighted by Gasteiger charge is 2.30. The molecule has 0 aromatic heterocycles. The van der Waals surface area contributed by atoms with Gasteiger partial charge in [0, 0.05) is 33.0 Å². The Morgan fingerprint density at radius 2 is 1.56 bits per heavy atom. The van der Waals surface area contributed by atoms with E-state index in [1.165, 1.54) is 4.31 Å². The molecule has 0 radical (unpaired) electrons. The molecule has 0 saturated carbocycles. The maximum absolute atomic E-state index is 13.7. The second kappa shape index (κ2) is 13.8. The first-order valence-corrected chi connectivity index (χ1v) is 14.7.